The smallest absolute Gasteiger partial charge is 0.176 e. The number of carbonyl (C=O) groups excluding carboxylic acids is 1. The molecule has 3 aromatic rings. The molecular weight excluding hydrogens is 269 g/mol. The largest absolute Gasteiger partial charge is 0.492 e. The molecule has 0 radical (unpaired) electrons. The van der Waals surface area contributed by atoms with Crippen LogP contribution >= 0.6 is 0 Å². The van der Waals surface area contributed by atoms with Crippen LogP contribution in [0.2, 0.25) is 0 Å². The minimum atomic E-state index is -0.348. The number of ketones is 1. The Morgan fingerprint density at radius 2 is 2.10 bits per heavy atom. The van der Waals surface area contributed by atoms with E-state index in [1.807, 2.05) is 24.3 Å². The van der Waals surface area contributed by atoms with E-state index in [9.17, 15) is 9.18 Å². The second-order valence-electron chi connectivity index (χ2n) is 5.16. The van der Waals surface area contributed by atoms with Crippen LogP contribution in [0.1, 0.15) is 21.8 Å². The number of hydrogen-bond donors (Lipinski definition) is 1. The van der Waals surface area contributed by atoms with Gasteiger partial charge in [0, 0.05) is 28.2 Å². The van der Waals surface area contributed by atoms with Crippen LogP contribution in [0.3, 0.4) is 0 Å². The molecule has 0 spiro atoms. The van der Waals surface area contributed by atoms with E-state index in [0.717, 1.165) is 16.8 Å². The van der Waals surface area contributed by atoms with Crippen molar-refractivity contribution in [1.82, 2.24) is 4.98 Å². The van der Waals surface area contributed by atoms with Gasteiger partial charge < -0.3 is 9.72 Å². The maximum absolute atomic E-state index is 13.4. The highest BCUT2D eigenvalue weighted by Crippen LogP contribution is 2.36. The lowest BCUT2D eigenvalue weighted by molar-refractivity contribution is 0.0949. The molecule has 0 fully saturated rings. The predicted molar refractivity (Wildman–Crippen MR) is 77.3 cm³/mol. The third-order valence-electron chi connectivity index (χ3n) is 3.93. The number of nitrogens with one attached hydrogen (secondary N) is 1. The minimum absolute atomic E-state index is 0.0446. The molecule has 1 aliphatic heterocycles. The van der Waals surface area contributed by atoms with Crippen molar-refractivity contribution in [2.24, 2.45) is 0 Å². The Morgan fingerprint density at radius 1 is 1.24 bits per heavy atom. The van der Waals surface area contributed by atoms with Gasteiger partial charge in [-0.2, -0.15) is 0 Å². The van der Waals surface area contributed by atoms with Crippen LogP contribution < -0.4 is 4.74 Å². The van der Waals surface area contributed by atoms with Gasteiger partial charge in [0.1, 0.15) is 18.2 Å². The number of aromatic nitrogens is 1. The fourth-order valence-corrected chi connectivity index (χ4v) is 2.86. The van der Waals surface area contributed by atoms with Crippen LogP contribution in [0, 0.1) is 5.82 Å². The van der Waals surface area contributed by atoms with E-state index in [4.69, 9.17) is 4.74 Å². The molecule has 3 nitrogen and oxygen atoms in total. The summed E-state index contributed by atoms with van der Waals surface area (Å²) in [5.41, 5.74) is 2.16. The molecule has 4 rings (SSSR count). The molecule has 1 aliphatic rings. The Balaban J connectivity index is 1.80. The number of hydrogen-bond acceptors (Lipinski definition) is 2. The van der Waals surface area contributed by atoms with Crippen LogP contribution in [0.15, 0.2) is 48.7 Å². The Bertz CT molecular complexity index is 853. The third-order valence-corrected chi connectivity index (χ3v) is 3.93. The van der Waals surface area contributed by atoms with Crippen LogP contribution in [0.5, 0.6) is 5.75 Å². The first-order valence-electron chi connectivity index (χ1n) is 6.76. The molecule has 4 heteroatoms. The lowest BCUT2D eigenvalue weighted by Gasteiger charge is -2.07. The maximum atomic E-state index is 13.4. The summed E-state index contributed by atoms with van der Waals surface area (Å²) in [5, 5.41) is 0.615. The monoisotopic (exact) mass is 281 g/mol. The Morgan fingerprint density at radius 3 is 3.00 bits per heavy atom. The van der Waals surface area contributed by atoms with E-state index in [0.29, 0.717) is 17.6 Å². The summed E-state index contributed by atoms with van der Waals surface area (Å²) in [5.74, 6) is 0.0290. The molecule has 0 saturated heterocycles. The fraction of sp³-hybridized carbons (Fsp3) is 0.118. The van der Waals surface area contributed by atoms with E-state index in [1.54, 1.807) is 12.3 Å². The molecular formula is C17H12FNO2. The summed E-state index contributed by atoms with van der Waals surface area (Å²) in [7, 11) is 0. The first kappa shape index (κ1) is 12.1. The second kappa shape index (κ2) is 4.45. The maximum Gasteiger partial charge on any atom is 0.176 e. The van der Waals surface area contributed by atoms with Gasteiger partial charge in [0.25, 0.3) is 0 Å². The number of carbonyl (C=O) groups is 1. The van der Waals surface area contributed by atoms with Gasteiger partial charge in [0.05, 0.1) is 5.92 Å². The molecule has 0 saturated carbocycles. The molecule has 104 valence electrons. The zero-order valence-electron chi connectivity index (χ0n) is 11.1. The normalized spacial score (nSPS) is 16.7. The van der Waals surface area contributed by atoms with Gasteiger partial charge in [0.2, 0.25) is 0 Å². The number of fused-ring (bicyclic) bond motifs is 2. The van der Waals surface area contributed by atoms with Crippen LogP contribution in [-0.2, 0) is 0 Å². The summed E-state index contributed by atoms with van der Waals surface area (Å²) < 4.78 is 19.0. The highest BCUT2D eigenvalue weighted by atomic mass is 19.1. The van der Waals surface area contributed by atoms with E-state index >= 15 is 0 Å². The fourth-order valence-electron chi connectivity index (χ4n) is 2.86. The molecule has 1 aromatic heterocycles. The van der Waals surface area contributed by atoms with E-state index in [-0.39, 0.29) is 17.5 Å². The van der Waals surface area contributed by atoms with Crippen molar-refractivity contribution in [1.29, 1.82) is 0 Å². The lowest BCUT2D eigenvalue weighted by atomic mass is 9.92. The summed E-state index contributed by atoms with van der Waals surface area (Å²) in [6.45, 7) is 0.334. The van der Waals surface area contributed by atoms with Crippen molar-refractivity contribution in [3.63, 3.8) is 0 Å². The molecule has 1 unspecified atom stereocenters. The number of ether oxygens (including phenoxy) is 1. The van der Waals surface area contributed by atoms with Gasteiger partial charge >= 0.3 is 0 Å². The number of Topliss-reactive ketones (excluding diaryl/α,β-unsaturated/α-hetero) is 1. The molecule has 1 N–H and O–H groups in total. The predicted octanol–water partition coefficient (Wildman–Crippen LogP) is 3.67. The van der Waals surface area contributed by atoms with Crippen LogP contribution in [0.4, 0.5) is 4.39 Å². The Kier molecular flexibility index (Phi) is 2.57. The molecule has 2 aromatic carbocycles. The van der Waals surface area contributed by atoms with Crippen LogP contribution in [-0.4, -0.2) is 17.4 Å². The van der Waals surface area contributed by atoms with Crippen molar-refractivity contribution in [2.75, 3.05) is 6.61 Å². The average molecular weight is 281 g/mol. The number of rotatable bonds is 2. The zero-order valence-corrected chi connectivity index (χ0v) is 11.1. The molecule has 1 atom stereocenters. The highest BCUT2D eigenvalue weighted by Gasteiger charge is 2.31. The van der Waals surface area contributed by atoms with Gasteiger partial charge in [-0.15, -0.1) is 0 Å². The average Bonchev–Trinajstić information content (AvgIpc) is 3.10. The summed E-state index contributed by atoms with van der Waals surface area (Å²) in [4.78, 5) is 15.8. The second-order valence-corrected chi connectivity index (χ2v) is 5.16. The zero-order chi connectivity index (χ0) is 14.4. The molecule has 21 heavy (non-hydrogen) atoms. The third kappa shape index (κ3) is 1.83. The number of halogens is 1. The van der Waals surface area contributed by atoms with E-state index in [1.165, 1.54) is 12.1 Å². The molecule has 0 amide bonds. The Hall–Kier alpha value is -2.62. The minimum Gasteiger partial charge on any atom is -0.492 e. The van der Waals surface area contributed by atoms with Crippen molar-refractivity contribution in [2.45, 2.75) is 5.92 Å². The summed E-state index contributed by atoms with van der Waals surface area (Å²) in [6.07, 6.45) is 1.65. The van der Waals surface area contributed by atoms with E-state index < -0.39 is 0 Å². The van der Waals surface area contributed by atoms with Crippen LogP contribution in [0.25, 0.3) is 10.9 Å². The SMILES string of the molecule is O=C(c1c[nH]c2ccc(F)cc12)C1COc2ccccc21. The van der Waals surface area contributed by atoms with E-state index in [2.05, 4.69) is 4.98 Å². The molecule has 0 aliphatic carbocycles. The summed E-state index contributed by atoms with van der Waals surface area (Å²) >= 11 is 0. The van der Waals surface area contributed by atoms with Gasteiger partial charge in [-0.25, -0.2) is 4.39 Å². The van der Waals surface area contributed by atoms with Gasteiger partial charge in [-0.3, -0.25) is 4.79 Å². The summed E-state index contributed by atoms with van der Waals surface area (Å²) in [6, 6.07) is 11.9. The van der Waals surface area contributed by atoms with Gasteiger partial charge in [-0.1, -0.05) is 18.2 Å². The van der Waals surface area contributed by atoms with Crippen molar-refractivity contribution in [3.05, 3.63) is 65.6 Å². The lowest BCUT2D eigenvalue weighted by Crippen LogP contribution is -2.14. The number of aromatic amines is 1. The highest BCUT2D eigenvalue weighted by molar-refractivity contribution is 6.11. The van der Waals surface area contributed by atoms with Gasteiger partial charge in [0.15, 0.2) is 5.78 Å². The quantitative estimate of drug-likeness (QED) is 0.728. The van der Waals surface area contributed by atoms with Crippen molar-refractivity contribution < 1.29 is 13.9 Å². The molecule has 2 heterocycles. The van der Waals surface area contributed by atoms with Crippen molar-refractivity contribution >= 4 is 16.7 Å². The number of H-pyrrole nitrogens is 1. The number of benzene rings is 2. The van der Waals surface area contributed by atoms with Crippen molar-refractivity contribution in [3.8, 4) is 5.75 Å². The first-order valence-corrected chi connectivity index (χ1v) is 6.76. The Labute approximate surface area is 120 Å². The van der Waals surface area contributed by atoms with Gasteiger partial charge in [-0.05, 0) is 24.3 Å². The standard InChI is InChI=1S/C17H12FNO2/c18-10-5-6-15-12(7-10)13(8-19-15)17(20)14-9-21-16-4-2-1-3-11(14)16/h1-8,14,19H,9H2. The first-order chi connectivity index (χ1) is 10.2. The number of para-hydroxylation sites is 1. The topological polar surface area (TPSA) is 42.1 Å². The molecule has 0 bridgehead atoms.